The molecule has 0 saturated heterocycles. The molecule has 0 aromatic carbocycles. The van der Waals surface area contributed by atoms with Crippen LogP contribution in [0.3, 0.4) is 0 Å². The second-order valence-electron chi connectivity index (χ2n) is 3.01. The summed E-state index contributed by atoms with van der Waals surface area (Å²) in [4.78, 5) is 13.4. The van der Waals surface area contributed by atoms with E-state index in [0.29, 0.717) is 5.95 Å². The lowest BCUT2D eigenvalue weighted by Gasteiger charge is -2.12. The first-order chi connectivity index (χ1) is 7.02. The third-order valence-electron chi connectivity index (χ3n) is 1.49. The van der Waals surface area contributed by atoms with Crippen molar-refractivity contribution in [2.24, 2.45) is 0 Å². The summed E-state index contributed by atoms with van der Waals surface area (Å²) in [6, 6.07) is 0.129. The highest BCUT2D eigenvalue weighted by molar-refractivity contribution is 6.28. The summed E-state index contributed by atoms with van der Waals surface area (Å²) in [6.45, 7) is 1.72. The molecule has 0 spiro atoms. The number of anilines is 1. The highest BCUT2D eigenvalue weighted by atomic mass is 35.5. The minimum atomic E-state index is -0.404. The standard InChI is InChI=1S/C9H11ClN4O/c1-5-6(2)15-9-12-7(10)11-8(13-9)14(3)4/h1,6H,2-4H3. The van der Waals surface area contributed by atoms with Gasteiger partial charge in [-0.3, -0.25) is 0 Å². The lowest BCUT2D eigenvalue weighted by atomic mass is 10.4. The van der Waals surface area contributed by atoms with Gasteiger partial charge < -0.3 is 9.64 Å². The molecule has 1 aromatic heterocycles. The van der Waals surface area contributed by atoms with Gasteiger partial charge in [-0.15, -0.1) is 6.42 Å². The molecule has 0 aliphatic carbocycles. The minimum absolute atomic E-state index is 0.0768. The summed E-state index contributed by atoms with van der Waals surface area (Å²) < 4.78 is 5.23. The summed E-state index contributed by atoms with van der Waals surface area (Å²) >= 11 is 5.70. The molecule has 0 aliphatic rings. The number of hydrogen-bond acceptors (Lipinski definition) is 5. The monoisotopic (exact) mass is 226 g/mol. The van der Waals surface area contributed by atoms with Crippen LogP contribution in [0.25, 0.3) is 0 Å². The highest BCUT2D eigenvalue weighted by Gasteiger charge is 2.09. The van der Waals surface area contributed by atoms with Crippen LogP contribution >= 0.6 is 11.6 Å². The Morgan fingerprint density at radius 1 is 1.40 bits per heavy atom. The van der Waals surface area contributed by atoms with E-state index in [2.05, 4.69) is 20.9 Å². The summed E-state index contributed by atoms with van der Waals surface area (Å²) in [6.07, 6.45) is 4.76. The van der Waals surface area contributed by atoms with Gasteiger partial charge in [0.05, 0.1) is 0 Å². The molecule has 5 nitrogen and oxygen atoms in total. The van der Waals surface area contributed by atoms with Gasteiger partial charge in [0, 0.05) is 14.1 Å². The molecule has 1 atom stereocenters. The Hall–Kier alpha value is -1.54. The third kappa shape index (κ3) is 3.26. The Bertz CT molecular complexity index is 388. The molecule has 0 saturated carbocycles. The lowest BCUT2D eigenvalue weighted by Crippen LogP contribution is -2.16. The highest BCUT2D eigenvalue weighted by Crippen LogP contribution is 2.13. The van der Waals surface area contributed by atoms with Crippen LogP contribution in [0.15, 0.2) is 0 Å². The number of halogens is 1. The second-order valence-corrected chi connectivity index (χ2v) is 3.35. The average molecular weight is 227 g/mol. The van der Waals surface area contributed by atoms with Crippen molar-refractivity contribution in [1.82, 2.24) is 15.0 Å². The number of ether oxygens (including phenoxy) is 1. The van der Waals surface area contributed by atoms with Crippen molar-refractivity contribution in [3.05, 3.63) is 5.28 Å². The third-order valence-corrected chi connectivity index (χ3v) is 1.66. The Morgan fingerprint density at radius 2 is 2.07 bits per heavy atom. The van der Waals surface area contributed by atoms with E-state index in [-0.39, 0.29) is 11.3 Å². The molecule has 0 aliphatic heterocycles. The quantitative estimate of drug-likeness (QED) is 0.720. The van der Waals surface area contributed by atoms with Crippen LogP contribution in [0.2, 0.25) is 5.28 Å². The smallest absolute Gasteiger partial charge is 0.323 e. The fraction of sp³-hybridized carbons (Fsp3) is 0.444. The number of terminal acetylenes is 1. The first-order valence-corrected chi connectivity index (χ1v) is 4.62. The number of hydrogen-bond donors (Lipinski definition) is 0. The zero-order valence-corrected chi connectivity index (χ0v) is 9.49. The van der Waals surface area contributed by atoms with Crippen LogP contribution in [0.4, 0.5) is 5.95 Å². The van der Waals surface area contributed by atoms with E-state index in [0.717, 1.165) is 0 Å². The van der Waals surface area contributed by atoms with E-state index >= 15 is 0 Å². The normalized spacial score (nSPS) is 11.7. The van der Waals surface area contributed by atoms with Crippen molar-refractivity contribution in [3.8, 4) is 18.4 Å². The number of aromatic nitrogens is 3. The molecule has 80 valence electrons. The fourth-order valence-electron chi connectivity index (χ4n) is 0.767. The SMILES string of the molecule is C#CC(C)Oc1nc(Cl)nc(N(C)C)n1. The molecule has 1 unspecified atom stereocenters. The van der Waals surface area contributed by atoms with Gasteiger partial charge in [0.15, 0.2) is 6.10 Å². The van der Waals surface area contributed by atoms with Crippen molar-refractivity contribution in [2.45, 2.75) is 13.0 Å². The molecule has 1 aromatic rings. The van der Waals surface area contributed by atoms with E-state index < -0.39 is 6.10 Å². The maximum Gasteiger partial charge on any atom is 0.323 e. The molecule has 0 radical (unpaired) electrons. The van der Waals surface area contributed by atoms with Crippen LogP contribution in [-0.2, 0) is 0 Å². The zero-order valence-electron chi connectivity index (χ0n) is 8.73. The molecule has 0 amide bonds. The Kier molecular flexibility index (Phi) is 3.69. The average Bonchev–Trinajstić information content (AvgIpc) is 2.16. The van der Waals surface area contributed by atoms with Crippen LogP contribution in [0.1, 0.15) is 6.92 Å². The minimum Gasteiger partial charge on any atom is -0.447 e. The molecule has 1 heterocycles. The van der Waals surface area contributed by atoms with Crippen LogP contribution in [-0.4, -0.2) is 35.2 Å². The summed E-state index contributed by atoms with van der Waals surface area (Å²) in [5.41, 5.74) is 0. The predicted molar refractivity (Wildman–Crippen MR) is 58.1 cm³/mol. The van der Waals surface area contributed by atoms with Crippen LogP contribution in [0.5, 0.6) is 6.01 Å². The summed E-state index contributed by atoms with van der Waals surface area (Å²) in [5, 5.41) is 0.0768. The van der Waals surface area contributed by atoms with Gasteiger partial charge in [-0.1, -0.05) is 5.92 Å². The van der Waals surface area contributed by atoms with Gasteiger partial charge in [0.2, 0.25) is 11.2 Å². The van der Waals surface area contributed by atoms with E-state index in [1.54, 1.807) is 25.9 Å². The van der Waals surface area contributed by atoms with Gasteiger partial charge in [-0.2, -0.15) is 15.0 Å². The molecule has 0 fully saturated rings. The van der Waals surface area contributed by atoms with Crippen molar-refractivity contribution in [2.75, 3.05) is 19.0 Å². The maximum atomic E-state index is 5.70. The molecule has 1 rings (SSSR count). The first-order valence-electron chi connectivity index (χ1n) is 4.24. The van der Waals surface area contributed by atoms with Gasteiger partial charge in [-0.05, 0) is 18.5 Å². The lowest BCUT2D eigenvalue weighted by molar-refractivity contribution is 0.255. The van der Waals surface area contributed by atoms with E-state index in [1.807, 2.05) is 0 Å². The van der Waals surface area contributed by atoms with Crippen molar-refractivity contribution in [1.29, 1.82) is 0 Å². The Morgan fingerprint density at radius 3 is 2.60 bits per heavy atom. The summed E-state index contributed by atoms with van der Waals surface area (Å²) in [7, 11) is 3.58. The predicted octanol–water partition coefficient (Wildman–Crippen LogP) is 0.991. The van der Waals surface area contributed by atoms with E-state index in [9.17, 15) is 0 Å². The molecule has 0 N–H and O–H groups in total. The number of rotatable bonds is 3. The Labute approximate surface area is 93.5 Å². The Balaban J connectivity index is 2.95. The van der Waals surface area contributed by atoms with Gasteiger partial charge in [-0.25, -0.2) is 0 Å². The van der Waals surface area contributed by atoms with Crippen molar-refractivity contribution in [3.63, 3.8) is 0 Å². The zero-order chi connectivity index (χ0) is 11.4. The topological polar surface area (TPSA) is 51.1 Å². The summed E-state index contributed by atoms with van der Waals surface area (Å²) in [5.74, 6) is 2.83. The van der Waals surface area contributed by atoms with Crippen LogP contribution in [0, 0.1) is 12.3 Å². The molecule has 15 heavy (non-hydrogen) atoms. The molecule has 0 bridgehead atoms. The fourth-order valence-corrected chi connectivity index (χ4v) is 0.915. The van der Waals surface area contributed by atoms with Gasteiger partial charge in [0.25, 0.3) is 0 Å². The van der Waals surface area contributed by atoms with Crippen molar-refractivity contribution < 1.29 is 4.74 Å². The van der Waals surface area contributed by atoms with E-state index in [4.69, 9.17) is 22.8 Å². The first kappa shape index (κ1) is 11.5. The van der Waals surface area contributed by atoms with Gasteiger partial charge in [0.1, 0.15) is 0 Å². The molecular weight excluding hydrogens is 216 g/mol. The van der Waals surface area contributed by atoms with Gasteiger partial charge >= 0.3 is 6.01 Å². The maximum absolute atomic E-state index is 5.70. The second kappa shape index (κ2) is 4.80. The number of nitrogens with zero attached hydrogens (tertiary/aromatic N) is 4. The largest absolute Gasteiger partial charge is 0.447 e. The van der Waals surface area contributed by atoms with E-state index in [1.165, 1.54) is 0 Å². The molecular formula is C9H11ClN4O. The molecule has 6 heteroatoms. The van der Waals surface area contributed by atoms with Crippen molar-refractivity contribution >= 4 is 17.5 Å². The van der Waals surface area contributed by atoms with Crippen LogP contribution < -0.4 is 9.64 Å².